The van der Waals surface area contributed by atoms with Crippen LogP contribution in [-0.2, 0) is 20.7 Å². The monoisotopic (exact) mass is 502 g/mol. The molecule has 0 fully saturated rings. The number of benzene rings is 1. The highest BCUT2D eigenvalue weighted by Crippen LogP contribution is 2.34. The summed E-state index contributed by atoms with van der Waals surface area (Å²) in [5.41, 5.74) is -0.452. The molecule has 0 aliphatic carbocycles. The van der Waals surface area contributed by atoms with Gasteiger partial charge in [0.15, 0.2) is 5.75 Å². The molecule has 0 heterocycles. The van der Waals surface area contributed by atoms with E-state index < -0.39 is 42.2 Å². The van der Waals surface area contributed by atoms with E-state index in [4.69, 9.17) is 37.8 Å². The number of aliphatic carboxylic acids is 1. The number of hydrogen-bond acceptors (Lipinski definition) is 5. The van der Waals surface area contributed by atoms with E-state index >= 15 is 0 Å². The largest absolute Gasteiger partial charge is 0.490 e. The molecule has 1 atom stereocenters. The summed E-state index contributed by atoms with van der Waals surface area (Å²) in [6.07, 6.45) is -5.91. The summed E-state index contributed by atoms with van der Waals surface area (Å²) in [4.78, 5) is 33.8. The predicted molar refractivity (Wildman–Crippen MR) is 110 cm³/mol. The quantitative estimate of drug-likeness (QED) is 0.440. The van der Waals surface area contributed by atoms with Crippen molar-refractivity contribution in [3.05, 3.63) is 27.7 Å². The highest BCUT2D eigenvalue weighted by atomic mass is 35.5. The van der Waals surface area contributed by atoms with Gasteiger partial charge in [-0.3, -0.25) is 4.79 Å². The average molecular weight is 503 g/mol. The molecule has 180 valence electrons. The highest BCUT2D eigenvalue weighted by molar-refractivity contribution is 6.37. The van der Waals surface area contributed by atoms with Crippen molar-refractivity contribution in [3.8, 4) is 5.75 Å². The number of rotatable bonds is 9. The molecule has 8 nitrogen and oxygen atoms in total. The van der Waals surface area contributed by atoms with Crippen LogP contribution in [0.5, 0.6) is 5.75 Å². The van der Waals surface area contributed by atoms with Crippen molar-refractivity contribution >= 4 is 41.2 Å². The van der Waals surface area contributed by atoms with Crippen LogP contribution in [0.2, 0.25) is 10.0 Å². The van der Waals surface area contributed by atoms with Crippen LogP contribution < -0.4 is 15.4 Å². The van der Waals surface area contributed by atoms with Crippen molar-refractivity contribution in [1.29, 1.82) is 0 Å². The third kappa shape index (κ3) is 9.82. The van der Waals surface area contributed by atoms with E-state index in [1.807, 2.05) is 0 Å². The maximum Gasteiger partial charge on any atom is 0.471 e. The Balaban J connectivity index is 2.67. The average Bonchev–Trinajstić information content (AvgIpc) is 2.60. The number of carboxylic acids is 1. The molecule has 0 spiro atoms. The fraction of sp³-hybridized carbons (Fsp3) is 0.526. The number of hydrogen-bond donors (Lipinski definition) is 3. The minimum absolute atomic E-state index is 0.00103. The van der Waals surface area contributed by atoms with Crippen molar-refractivity contribution in [1.82, 2.24) is 10.6 Å². The number of halogens is 5. The second-order valence-electron chi connectivity index (χ2n) is 7.59. The minimum Gasteiger partial charge on any atom is -0.490 e. The standard InChI is InChI=1S/C19H23Cl2F3N2O6/c1-18(2,3)32-17(30)25-5-4-6-31-14-11(20)7-10(8-12(14)21)9-13(15(27)28)26-16(29)19(22,23)24/h7-8,13H,4-6,9H2,1-3H3,(H,25,30)(H,26,29)(H,27,28)/t13-/m0/s1. The third-order valence-electron chi connectivity index (χ3n) is 3.59. The lowest BCUT2D eigenvalue weighted by atomic mass is 10.1. The summed E-state index contributed by atoms with van der Waals surface area (Å²) < 4.78 is 47.7. The Morgan fingerprint density at radius 2 is 1.69 bits per heavy atom. The molecule has 0 saturated heterocycles. The molecule has 2 amide bonds. The maximum absolute atomic E-state index is 12.4. The van der Waals surface area contributed by atoms with Crippen molar-refractivity contribution in [2.75, 3.05) is 13.2 Å². The van der Waals surface area contributed by atoms with Gasteiger partial charge in [-0.15, -0.1) is 0 Å². The van der Waals surface area contributed by atoms with Crippen molar-refractivity contribution in [3.63, 3.8) is 0 Å². The Bertz CT molecular complexity index is 820. The Morgan fingerprint density at radius 3 is 2.16 bits per heavy atom. The van der Waals surface area contributed by atoms with Crippen LogP contribution in [0.3, 0.4) is 0 Å². The van der Waals surface area contributed by atoms with Gasteiger partial charge in [0.05, 0.1) is 16.7 Å². The Kier molecular flexibility index (Phi) is 9.90. The van der Waals surface area contributed by atoms with Gasteiger partial charge in [0, 0.05) is 13.0 Å². The van der Waals surface area contributed by atoms with E-state index in [1.54, 1.807) is 20.8 Å². The van der Waals surface area contributed by atoms with Crippen LogP contribution >= 0.6 is 23.2 Å². The molecule has 1 aromatic rings. The van der Waals surface area contributed by atoms with Gasteiger partial charge in [-0.2, -0.15) is 13.2 Å². The van der Waals surface area contributed by atoms with Crippen LogP contribution in [0.15, 0.2) is 12.1 Å². The van der Waals surface area contributed by atoms with Crippen LogP contribution in [0.1, 0.15) is 32.8 Å². The normalized spacial score (nSPS) is 12.6. The van der Waals surface area contributed by atoms with E-state index in [2.05, 4.69) is 5.32 Å². The molecule has 1 rings (SSSR count). The molecule has 0 aliphatic heterocycles. The van der Waals surface area contributed by atoms with Gasteiger partial charge in [0.25, 0.3) is 0 Å². The topological polar surface area (TPSA) is 114 Å². The number of alkyl carbamates (subject to hydrolysis) is 1. The summed E-state index contributed by atoms with van der Waals surface area (Å²) in [6.45, 7) is 5.56. The van der Waals surface area contributed by atoms with Gasteiger partial charge >= 0.3 is 24.1 Å². The molecule has 0 bridgehead atoms. The zero-order valence-electron chi connectivity index (χ0n) is 17.4. The first-order valence-corrected chi connectivity index (χ1v) is 10.0. The van der Waals surface area contributed by atoms with Crippen LogP contribution in [0.4, 0.5) is 18.0 Å². The lowest BCUT2D eigenvalue weighted by molar-refractivity contribution is -0.175. The smallest absolute Gasteiger partial charge is 0.471 e. The van der Waals surface area contributed by atoms with E-state index in [9.17, 15) is 27.6 Å². The number of ether oxygens (including phenoxy) is 2. The molecule has 0 aromatic heterocycles. The fourth-order valence-electron chi connectivity index (χ4n) is 2.30. The Hall–Kier alpha value is -2.40. The zero-order valence-corrected chi connectivity index (χ0v) is 19.0. The SMILES string of the molecule is CC(C)(C)OC(=O)NCCCOc1c(Cl)cc(C[C@H](NC(=O)C(F)(F)F)C(=O)O)cc1Cl. The van der Waals surface area contributed by atoms with Crippen LogP contribution in [-0.4, -0.2) is 54.0 Å². The predicted octanol–water partition coefficient (Wildman–Crippen LogP) is 3.96. The van der Waals surface area contributed by atoms with E-state index in [0.29, 0.717) is 6.42 Å². The second-order valence-corrected chi connectivity index (χ2v) is 8.40. The summed E-state index contributed by atoms with van der Waals surface area (Å²) in [7, 11) is 0. The maximum atomic E-state index is 12.4. The van der Waals surface area contributed by atoms with E-state index in [1.165, 1.54) is 17.4 Å². The Labute approximate surface area is 192 Å². The minimum atomic E-state index is -5.22. The number of carbonyl (C=O) groups is 3. The molecule has 1 aromatic carbocycles. The number of carboxylic acid groups (broad SMARTS) is 1. The number of amides is 2. The highest BCUT2D eigenvalue weighted by Gasteiger charge is 2.40. The van der Waals surface area contributed by atoms with Crippen LogP contribution in [0, 0.1) is 0 Å². The van der Waals surface area contributed by atoms with Crippen molar-refractivity contribution in [2.24, 2.45) is 0 Å². The summed E-state index contributed by atoms with van der Waals surface area (Å²) in [6, 6.07) is 0.705. The Morgan fingerprint density at radius 1 is 1.12 bits per heavy atom. The molecule has 3 N–H and O–H groups in total. The third-order valence-corrected chi connectivity index (χ3v) is 4.16. The molecule has 0 saturated carbocycles. The molecular weight excluding hydrogens is 480 g/mol. The van der Waals surface area contributed by atoms with Gasteiger partial charge in [-0.1, -0.05) is 23.2 Å². The first kappa shape index (κ1) is 27.6. The summed E-state index contributed by atoms with van der Waals surface area (Å²) >= 11 is 12.2. The lowest BCUT2D eigenvalue weighted by Crippen LogP contribution is -2.47. The second kappa shape index (κ2) is 11.5. The lowest BCUT2D eigenvalue weighted by Gasteiger charge is -2.19. The number of alkyl halides is 3. The van der Waals surface area contributed by atoms with Crippen LogP contribution in [0.25, 0.3) is 0 Å². The van der Waals surface area contributed by atoms with E-state index in [-0.39, 0.29) is 34.5 Å². The van der Waals surface area contributed by atoms with E-state index in [0.717, 1.165) is 0 Å². The first-order chi connectivity index (χ1) is 14.6. The van der Waals surface area contributed by atoms with Gasteiger partial charge < -0.3 is 25.2 Å². The van der Waals surface area contributed by atoms with Crippen molar-refractivity contribution < 1.29 is 42.1 Å². The van der Waals surface area contributed by atoms with Gasteiger partial charge in [0.2, 0.25) is 0 Å². The van der Waals surface area contributed by atoms with Gasteiger partial charge in [-0.25, -0.2) is 9.59 Å². The van der Waals surface area contributed by atoms with Gasteiger partial charge in [-0.05, 0) is 44.9 Å². The number of carbonyl (C=O) groups excluding carboxylic acids is 2. The summed E-state index contributed by atoms with van der Waals surface area (Å²) in [5.74, 6) is -3.95. The first-order valence-electron chi connectivity index (χ1n) is 9.28. The molecule has 0 radical (unpaired) electrons. The zero-order chi connectivity index (χ0) is 24.7. The molecule has 0 aliphatic rings. The molecule has 32 heavy (non-hydrogen) atoms. The molecular formula is C19H23Cl2F3N2O6. The van der Waals surface area contributed by atoms with Crippen molar-refractivity contribution in [2.45, 2.75) is 51.4 Å². The summed E-state index contributed by atoms with van der Waals surface area (Å²) in [5, 5.41) is 13.0. The fourth-order valence-corrected chi connectivity index (χ4v) is 2.94. The van der Waals surface area contributed by atoms with Gasteiger partial charge in [0.1, 0.15) is 11.6 Å². The molecule has 0 unspecified atom stereocenters. The number of nitrogens with one attached hydrogen (secondary N) is 2. The molecule has 13 heteroatoms.